The molecule has 58 valence electrons. The standard InChI is InChI=1S/C8H14N2.H2/c1-4-5-8(10-3)6-7-9-2;/h4-5,9H,1,3,6-7H2,2H3;1H/b8-5-;. The highest BCUT2D eigenvalue weighted by Gasteiger charge is 1.88. The highest BCUT2D eigenvalue weighted by Crippen LogP contribution is 1.99. The maximum atomic E-state index is 3.82. The predicted molar refractivity (Wildman–Crippen MR) is 48.5 cm³/mol. The lowest BCUT2D eigenvalue weighted by Crippen LogP contribution is -2.07. The van der Waals surface area contributed by atoms with E-state index in [2.05, 4.69) is 23.6 Å². The first kappa shape index (κ1) is 9.11. The van der Waals surface area contributed by atoms with Crippen LogP contribution >= 0.6 is 0 Å². The predicted octanol–water partition coefficient (Wildman–Crippen LogP) is 1.61. The first-order chi connectivity index (χ1) is 4.85. The topological polar surface area (TPSA) is 24.4 Å². The van der Waals surface area contributed by atoms with E-state index >= 15 is 0 Å². The van der Waals surface area contributed by atoms with Gasteiger partial charge in [-0.05, 0) is 19.8 Å². The van der Waals surface area contributed by atoms with E-state index in [-0.39, 0.29) is 1.43 Å². The van der Waals surface area contributed by atoms with Crippen LogP contribution in [0.3, 0.4) is 0 Å². The van der Waals surface area contributed by atoms with Crippen molar-refractivity contribution in [2.45, 2.75) is 6.42 Å². The van der Waals surface area contributed by atoms with Crippen LogP contribution in [-0.4, -0.2) is 20.3 Å². The molecule has 0 fully saturated rings. The number of nitrogens with zero attached hydrogens (tertiary/aromatic N) is 1. The zero-order valence-corrected chi connectivity index (χ0v) is 6.43. The van der Waals surface area contributed by atoms with Gasteiger partial charge in [0.15, 0.2) is 0 Å². The van der Waals surface area contributed by atoms with E-state index in [4.69, 9.17) is 0 Å². The van der Waals surface area contributed by atoms with Crippen LogP contribution in [0.15, 0.2) is 29.4 Å². The summed E-state index contributed by atoms with van der Waals surface area (Å²) < 4.78 is 0. The molecule has 0 saturated heterocycles. The Kier molecular flexibility index (Phi) is 5.68. The molecule has 0 atom stereocenters. The van der Waals surface area contributed by atoms with Gasteiger partial charge in [0, 0.05) is 20.1 Å². The average Bonchev–Trinajstić information content (AvgIpc) is 1.98. The molecular formula is C8H16N2. The number of aliphatic imine (C=N–C) groups is 1. The van der Waals surface area contributed by atoms with E-state index in [1.165, 1.54) is 0 Å². The molecule has 10 heavy (non-hydrogen) atoms. The zero-order chi connectivity index (χ0) is 7.82. The third-order valence-corrected chi connectivity index (χ3v) is 1.14. The molecule has 0 saturated carbocycles. The van der Waals surface area contributed by atoms with Gasteiger partial charge >= 0.3 is 0 Å². The smallest absolute Gasteiger partial charge is 0.0408 e. The van der Waals surface area contributed by atoms with E-state index in [0.717, 1.165) is 18.7 Å². The highest BCUT2D eigenvalue weighted by atomic mass is 14.8. The molecule has 2 heteroatoms. The second-order valence-electron chi connectivity index (χ2n) is 1.91. The molecule has 0 aliphatic carbocycles. The molecule has 0 aromatic heterocycles. The summed E-state index contributed by atoms with van der Waals surface area (Å²) in [6.07, 6.45) is 4.50. The van der Waals surface area contributed by atoms with Gasteiger partial charge in [-0.15, -0.1) is 0 Å². The maximum absolute atomic E-state index is 3.82. The van der Waals surface area contributed by atoms with Crippen molar-refractivity contribution in [2.24, 2.45) is 4.99 Å². The molecule has 0 amide bonds. The Hall–Kier alpha value is -0.890. The Labute approximate surface area is 63.8 Å². The Morgan fingerprint density at radius 2 is 2.50 bits per heavy atom. The molecule has 0 aromatic carbocycles. The van der Waals surface area contributed by atoms with Crippen molar-refractivity contribution in [2.75, 3.05) is 13.6 Å². The molecule has 1 N–H and O–H groups in total. The summed E-state index contributed by atoms with van der Waals surface area (Å²) in [6.45, 7) is 7.94. The average molecular weight is 140 g/mol. The summed E-state index contributed by atoms with van der Waals surface area (Å²) >= 11 is 0. The summed E-state index contributed by atoms with van der Waals surface area (Å²) in [5.74, 6) is 0. The highest BCUT2D eigenvalue weighted by molar-refractivity contribution is 5.29. The Morgan fingerprint density at radius 1 is 1.80 bits per heavy atom. The molecular weight excluding hydrogens is 124 g/mol. The minimum atomic E-state index is 0. The number of hydrogen-bond donors (Lipinski definition) is 1. The van der Waals surface area contributed by atoms with Crippen LogP contribution in [0.4, 0.5) is 0 Å². The van der Waals surface area contributed by atoms with Gasteiger partial charge in [-0.25, -0.2) is 0 Å². The lowest BCUT2D eigenvalue weighted by molar-refractivity contribution is 0.781. The fourth-order valence-corrected chi connectivity index (χ4v) is 0.604. The van der Waals surface area contributed by atoms with Crippen LogP contribution in [0.1, 0.15) is 7.85 Å². The summed E-state index contributed by atoms with van der Waals surface area (Å²) in [6, 6.07) is 0. The third kappa shape index (κ3) is 4.04. The molecule has 0 rings (SSSR count). The van der Waals surface area contributed by atoms with Gasteiger partial charge in [0.2, 0.25) is 0 Å². The third-order valence-electron chi connectivity index (χ3n) is 1.14. The summed E-state index contributed by atoms with van der Waals surface area (Å²) in [7, 11) is 1.91. The second kappa shape index (κ2) is 6.23. The fraction of sp³-hybridized carbons (Fsp3) is 0.375. The van der Waals surface area contributed by atoms with Crippen LogP contribution in [0, 0.1) is 0 Å². The number of rotatable bonds is 5. The van der Waals surface area contributed by atoms with Gasteiger partial charge < -0.3 is 5.32 Å². The monoisotopic (exact) mass is 140 g/mol. The van der Waals surface area contributed by atoms with Crippen molar-refractivity contribution in [3.05, 3.63) is 24.4 Å². The van der Waals surface area contributed by atoms with E-state index in [9.17, 15) is 0 Å². The van der Waals surface area contributed by atoms with Crippen LogP contribution in [0.5, 0.6) is 0 Å². The lowest BCUT2D eigenvalue weighted by atomic mass is 10.3. The first-order valence-electron chi connectivity index (χ1n) is 3.28. The molecule has 0 unspecified atom stereocenters. The van der Waals surface area contributed by atoms with Crippen LogP contribution < -0.4 is 5.32 Å². The summed E-state index contributed by atoms with van der Waals surface area (Å²) in [5, 5.41) is 3.03. The first-order valence-corrected chi connectivity index (χ1v) is 3.28. The molecule has 0 aromatic rings. The molecule has 0 heterocycles. The van der Waals surface area contributed by atoms with E-state index < -0.39 is 0 Å². The van der Waals surface area contributed by atoms with Gasteiger partial charge in [0.05, 0.1) is 0 Å². The largest absolute Gasteiger partial charge is 0.319 e. The maximum Gasteiger partial charge on any atom is 0.0408 e. The second-order valence-corrected chi connectivity index (χ2v) is 1.91. The van der Waals surface area contributed by atoms with Gasteiger partial charge in [-0.1, -0.05) is 12.7 Å². The lowest BCUT2D eigenvalue weighted by Gasteiger charge is -1.97. The Balaban J connectivity index is 0. The van der Waals surface area contributed by atoms with Crippen LogP contribution in [0.2, 0.25) is 0 Å². The molecule has 0 radical (unpaired) electrons. The minimum absolute atomic E-state index is 0. The SMILES string of the molecule is C=C/C=C(/CCNC)N=C.[HH]. The van der Waals surface area contributed by atoms with Gasteiger partial charge in [-0.2, -0.15) is 0 Å². The Morgan fingerprint density at radius 3 is 2.90 bits per heavy atom. The minimum Gasteiger partial charge on any atom is -0.319 e. The van der Waals surface area contributed by atoms with Crippen LogP contribution in [0.25, 0.3) is 0 Å². The number of nitrogens with one attached hydrogen (secondary N) is 1. The van der Waals surface area contributed by atoms with Crippen molar-refractivity contribution in [3.8, 4) is 0 Å². The summed E-state index contributed by atoms with van der Waals surface area (Å²) in [5.41, 5.74) is 0.976. The molecule has 0 spiro atoms. The van der Waals surface area contributed by atoms with Gasteiger partial charge in [0.1, 0.15) is 0 Å². The van der Waals surface area contributed by atoms with Crippen LogP contribution in [-0.2, 0) is 0 Å². The zero-order valence-electron chi connectivity index (χ0n) is 6.43. The number of allylic oxidation sites excluding steroid dienone is 2. The van der Waals surface area contributed by atoms with E-state index in [1.54, 1.807) is 6.08 Å². The molecule has 0 bridgehead atoms. The normalized spacial score (nSPS) is 11.1. The van der Waals surface area contributed by atoms with Crippen molar-refractivity contribution < 1.29 is 1.43 Å². The Bertz CT molecular complexity index is 141. The van der Waals surface area contributed by atoms with Crippen molar-refractivity contribution in [1.82, 2.24) is 5.32 Å². The van der Waals surface area contributed by atoms with Gasteiger partial charge in [-0.3, -0.25) is 4.99 Å². The molecule has 0 aliphatic heterocycles. The van der Waals surface area contributed by atoms with Crippen molar-refractivity contribution in [1.29, 1.82) is 0 Å². The van der Waals surface area contributed by atoms with E-state index in [0.29, 0.717) is 0 Å². The van der Waals surface area contributed by atoms with Crippen molar-refractivity contribution >= 4 is 6.72 Å². The quantitative estimate of drug-likeness (QED) is 0.455. The van der Waals surface area contributed by atoms with E-state index in [1.807, 2.05) is 13.1 Å². The fourth-order valence-electron chi connectivity index (χ4n) is 0.604. The molecule has 2 nitrogen and oxygen atoms in total. The molecule has 0 aliphatic rings. The number of hydrogen-bond acceptors (Lipinski definition) is 2. The summed E-state index contributed by atoms with van der Waals surface area (Å²) in [4.78, 5) is 3.82. The van der Waals surface area contributed by atoms with Gasteiger partial charge in [0.25, 0.3) is 0 Å². The van der Waals surface area contributed by atoms with Crippen molar-refractivity contribution in [3.63, 3.8) is 0 Å².